The lowest BCUT2D eigenvalue weighted by atomic mass is 9.99. The van der Waals surface area contributed by atoms with Crippen molar-refractivity contribution in [3.63, 3.8) is 0 Å². The van der Waals surface area contributed by atoms with Crippen molar-refractivity contribution in [1.82, 2.24) is 0 Å². The van der Waals surface area contributed by atoms with Crippen molar-refractivity contribution in [2.75, 3.05) is 13.2 Å². The average Bonchev–Trinajstić information content (AvgIpc) is 2.36. The Morgan fingerprint density at radius 2 is 2.19 bits per heavy atom. The molecule has 1 aliphatic heterocycles. The maximum absolute atomic E-state index is 11.9. The molecule has 0 saturated carbocycles. The molecule has 1 atom stereocenters. The molecular formula is C12H11NO3. The normalized spacial score (nSPS) is 15.0. The zero-order valence-corrected chi connectivity index (χ0v) is 8.90. The number of para-hydroxylation sites is 1. The molecule has 4 heteroatoms. The van der Waals surface area contributed by atoms with Gasteiger partial charge >= 0.3 is 0 Å². The number of fused-ring (bicyclic) bond motifs is 1. The highest BCUT2D eigenvalue weighted by Crippen LogP contribution is 2.34. The van der Waals surface area contributed by atoms with Crippen molar-refractivity contribution in [2.24, 2.45) is 5.92 Å². The summed E-state index contributed by atoms with van der Waals surface area (Å²) in [7, 11) is 0. The molecule has 4 nitrogen and oxygen atoms in total. The number of hydrogen-bond acceptors (Lipinski definition) is 4. The molecule has 0 spiro atoms. The molecule has 1 unspecified atom stereocenters. The maximum Gasteiger partial charge on any atom is 0.183 e. The molecule has 0 N–H and O–H groups in total. The summed E-state index contributed by atoms with van der Waals surface area (Å²) in [5, 5.41) is 8.73. The van der Waals surface area contributed by atoms with Crippen LogP contribution in [-0.2, 0) is 0 Å². The van der Waals surface area contributed by atoms with Crippen LogP contribution in [0.1, 0.15) is 17.3 Å². The van der Waals surface area contributed by atoms with Gasteiger partial charge in [0.15, 0.2) is 17.3 Å². The number of nitriles is 1. The molecule has 0 fully saturated rings. The number of nitrogens with zero attached hydrogens (tertiary/aromatic N) is 1. The van der Waals surface area contributed by atoms with Crippen molar-refractivity contribution in [3.05, 3.63) is 23.8 Å². The molecule has 0 saturated heterocycles. The minimum absolute atomic E-state index is 0.232. The van der Waals surface area contributed by atoms with Crippen LogP contribution in [0.2, 0.25) is 0 Å². The first-order valence-electron chi connectivity index (χ1n) is 5.06. The van der Waals surface area contributed by atoms with E-state index in [1.54, 1.807) is 25.1 Å². The van der Waals surface area contributed by atoms with Crippen LogP contribution in [0.4, 0.5) is 0 Å². The quantitative estimate of drug-likeness (QED) is 0.709. The van der Waals surface area contributed by atoms with Crippen LogP contribution in [-0.4, -0.2) is 19.0 Å². The van der Waals surface area contributed by atoms with Crippen LogP contribution in [0.25, 0.3) is 0 Å². The predicted octanol–water partition coefficient (Wildman–Crippen LogP) is 1.80. The molecule has 0 bridgehead atoms. The second-order valence-electron chi connectivity index (χ2n) is 3.54. The Labute approximate surface area is 93.4 Å². The molecule has 2 rings (SSSR count). The standard InChI is InChI=1S/C12H11NO3/c1-8(7-13)11(14)9-3-2-4-10-12(9)16-6-5-15-10/h2-4,8H,5-6H2,1H3. The van der Waals surface area contributed by atoms with Gasteiger partial charge in [0.25, 0.3) is 0 Å². The molecule has 16 heavy (non-hydrogen) atoms. The first-order chi connectivity index (χ1) is 7.74. The summed E-state index contributed by atoms with van der Waals surface area (Å²) in [6, 6.07) is 7.06. The summed E-state index contributed by atoms with van der Waals surface area (Å²) in [4.78, 5) is 11.9. The van der Waals surface area contributed by atoms with E-state index >= 15 is 0 Å². The van der Waals surface area contributed by atoms with Gasteiger partial charge < -0.3 is 9.47 Å². The van der Waals surface area contributed by atoms with Crippen LogP contribution in [0.5, 0.6) is 11.5 Å². The molecule has 0 aliphatic carbocycles. The van der Waals surface area contributed by atoms with Gasteiger partial charge in [-0.1, -0.05) is 6.07 Å². The summed E-state index contributed by atoms with van der Waals surface area (Å²) in [6.07, 6.45) is 0. The lowest BCUT2D eigenvalue weighted by molar-refractivity contribution is 0.0945. The van der Waals surface area contributed by atoms with Gasteiger partial charge in [-0.25, -0.2) is 0 Å². The Hall–Kier alpha value is -2.02. The molecular weight excluding hydrogens is 206 g/mol. The predicted molar refractivity (Wildman–Crippen MR) is 56.5 cm³/mol. The van der Waals surface area contributed by atoms with Gasteiger partial charge in [0.1, 0.15) is 19.1 Å². The van der Waals surface area contributed by atoms with E-state index in [-0.39, 0.29) is 5.78 Å². The Morgan fingerprint density at radius 1 is 1.44 bits per heavy atom. The zero-order valence-electron chi connectivity index (χ0n) is 8.90. The summed E-state index contributed by atoms with van der Waals surface area (Å²) in [5.74, 6) is 0.130. The Bertz CT molecular complexity index is 462. The summed E-state index contributed by atoms with van der Waals surface area (Å²) >= 11 is 0. The molecule has 82 valence electrons. The fourth-order valence-corrected chi connectivity index (χ4v) is 1.56. The highest BCUT2D eigenvalue weighted by atomic mass is 16.6. The van der Waals surface area contributed by atoms with Crippen molar-refractivity contribution >= 4 is 5.78 Å². The number of Topliss-reactive ketones (excluding diaryl/α,β-unsaturated/α-hetero) is 1. The third-order valence-corrected chi connectivity index (χ3v) is 2.42. The van der Waals surface area contributed by atoms with Gasteiger partial charge in [0.2, 0.25) is 0 Å². The Balaban J connectivity index is 2.42. The van der Waals surface area contributed by atoms with Gasteiger partial charge in [-0.2, -0.15) is 5.26 Å². The topological polar surface area (TPSA) is 59.3 Å². The minimum Gasteiger partial charge on any atom is -0.486 e. The number of carbonyl (C=O) groups excluding carboxylic acids is 1. The van der Waals surface area contributed by atoms with Crippen LogP contribution in [0.15, 0.2) is 18.2 Å². The van der Waals surface area contributed by atoms with E-state index < -0.39 is 5.92 Å². The Kier molecular flexibility index (Phi) is 2.78. The van der Waals surface area contributed by atoms with Crippen molar-refractivity contribution in [2.45, 2.75) is 6.92 Å². The number of carbonyl (C=O) groups is 1. The lowest BCUT2D eigenvalue weighted by Crippen LogP contribution is -2.19. The number of benzene rings is 1. The molecule has 1 heterocycles. The van der Waals surface area contributed by atoms with E-state index in [1.165, 1.54) is 0 Å². The second kappa shape index (κ2) is 4.23. The van der Waals surface area contributed by atoms with Crippen LogP contribution in [0.3, 0.4) is 0 Å². The number of ketones is 1. The number of hydrogen-bond donors (Lipinski definition) is 0. The smallest absolute Gasteiger partial charge is 0.183 e. The first kappa shape index (κ1) is 10.5. The van der Waals surface area contributed by atoms with Gasteiger partial charge in [-0.15, -0.1) is 0 Å². The zero-order chi connectivity index (χ0) is 11.5. The highest BCUT2D eigenvalue weighted by molar-refractivity contribution is 6.02. The monoisotopic (exact) mass is 217 g/mol. The Morgan fingerprint density at radius 3 is 2.94 bits per heavy atom. The molecule has 1 aromatic carbocycles. The maximum atomic E-state index is 11.9. The van der Waals surface area contributed by atoms with Crippen molar-refractivity contribution in [3.8, 4) is 17.6 Å². The van der Waals surface area contributed by atoms with E-state index in [2.05, 4.69) is 0 Å². The van der Waals surface area contributed by atoms with E-state index in [1.807, 2.05) is 6.07 Å². The van der Waals surface area contributed by atoms with E-state index in [9.17, 15) is 4.79 Å². The SMILES string of the molecule is CC(C#N)C(=O)c1cccc2c1OCCO2. The highest BCUT2D eigenvalue weighted by Gasteiger charge is 2.23. The summed E-state index contributed by atoms with van der Waals surface area (Å²) in [6.45, 7) is 2.49. The van der Waals surface area contributed by atoms with E-state index in [4.69, 9.17) is 14.7 Å². The number of rotatable bonds is 2. The van der Waals surface area contributed by atoms with Crippen LogP contribution < -0.4 is 9.47 Å². The molecule has 0 amide bonds. The average molecular weight is 217 g/mol. The van der Waals surface area contributed by atoms with Gasteiger partial charge in [-0.05, 0) is 19.1 Å². The van der Waals surface area contributed by atoms with Crippen LogP contribution in [0, 0.1) is 17.2 Å². The van der Waals surface area contributed by atoms with E-state index in [0.29, 0.717) is 30.3 Å². The van der Waals surface area contributed by atoms with Gasteiger partial charge in [0, 0.05) is 0 Å². The number of ether oxygens (including phenoxy) is 2. The van der Waals surface area contributed by atoms with E-state index in [0.717, 1.165) is 0 Å². The molecule has 0 radical (unpaired) electrons. The molecule has 0 aromatic heterocycles. The van der Waals surface area contributed by atoms with Crippen molar-refractivity contribution < 1.29 is 14.3 Å². The summed E-state index contributed by atoms with van der Waals surface area (Å²) in [5.41, 5.74) is 0.422. The van der Waals surface area contributed by atoms with Crippen LogP contribution >= 0.6 is 0 Å². The minimum atomic E-state index is -0.669. The van der Waals surface area contributed by atoms with Gasteiger partial charge in [-0.3, -0.25) is 4.79 Å². The second-order valence-corrected chi connectivity index (χ2v) is 3.54. The third-order valence-electron chi connectivity index (χ3n) is 2.42. The fourth-order valence-electron chi connectivity index (χ4n) is 1.56. The summed E-state index contributed by atoms with van der Waals surface area (Å²) < 4.78 is 10.8. The van der Waals surface area contributed by atoms with Crippen molar-refractivity contribution in [1.29, 1.82) is 5.26 Å². The lowest BCUT2D eigenvalue weighted by Gasteiger charge is -2.20. The first-order valence-corrected chi connectivity index (χ1v) is 5.06. The third kappa shape index (κ3) is 1.72. The largest absolute Gasteiger partial charge is 0.486 e. The molecule has 1 aromatic rings. The molecule has 1 aliphatic rings. The fraction of sp³-hybridized carbons (Fsp3) is 0.333. The van der Waals surface area contributed by atoms with Gasteiger partial charge in [0.05, 0.1) is 11.6 Å².